The third-order valence-corrected chi connectivity index (χ3v) is 16.9. The summed E-state index contributed by atoms with van der Waals surface area (Å²) in [6.45, 7) is 0. The zero-order valence-electron chi connectivity index (χ0n) is 43.2. The molecule has 0 radical (unpaired) electrons. The highest BCUT2D eigenvalue weighted by Gasteiger charge is 2.40. The molecule has 1 aliphatic rings. The van der Waals surface area contributed by atoms with E-state index in [1.54, 1.807) is 0 Å². The molecule has 0 saturated heterocycles. The van der Waals surface area contributed by atoms with Gasteiger partial charge in [0.25, 0.3) is 0 Å². The summed E-state index contributed by atoms with van der Waals surface area (Å²) in [5, 5.41) is 6.61. The molecule has 12 aromatic carbocycles. The summed E-state index contributed by atoms with van der Waals surface area (Å²) in [5.74, 6) is 0. The van der Waals surface area contributed by atoms with Gasteiger partial charge in [0, 0.05) is 92.9 Å². The fraction of sp³-hybridized carbons (Fsp3) is 0.0137. The molecule has 15 aromatic rings. The summed E-state index contributed by atoms with van der Waals surface area (Å²) >= 11 is 1.83. The Labute approximate surface area is 466 Å². The molecule has 1 aliphatic carbocycles. The molecular weight excluding hydrogens is 997 g/mol. The highest BCUT2D eigenvalue weighted by Crippen LogP contribution is 2.55. The molecule has 378 valence electrons. The molecule has 0 bridgehead atoms. The van der Waals surface area contributed by atoms with E-state index in [9.17, 15) is 0 Å². The first-order valence-corrected chi connectivity index (χ1v) is 27.9. The zero-order chi connectivity index (χ0) is 52.7. The maximum absolute atomic E-state index is 7.44. The largest absolute Gasteiger partial charge is 0.456 e. The molecule has 16 rings (SSSR count). The van der Waals surface area contributed by atoms with Crippen LogP contribution in [0.15, 0.2) is 294 Å². The van der Waals surface area contributed by atoms with E-state index in [4.69, 9.17) is 8.83 Å². The Morgan fingerprint density at radius 3 is 1.12 bits per heavy atom. The van der Waals surface area contributed by atoms with Crippen molar-refractivity contribution in [3.8, 4) is 0 Å². The van der Waals surface area contributed by atoms with Crippen LogP contribution in [0, 0.1) is 0 Å². The number of hydrogen-bond donors (Lipinski definition) is 0. The second-order valence-corrected chi connectivity index (χ2v) is 21.5. The van der Waals surface area contributed by atoms with Gasteiger partial charge in [-0.2, -0.15) is 0 Å². The van der Waals surface area contributed by atoms with Crippen LogP contribution in [-0.2, 0) is 0 Å². The Morgan fingerprint density at radius 1 is 0.263 bits per heavy atom. The van der Waals surface area contributed by atoms with Crippen LogP contribution in [0.5, 0.6) is 0 Å². The molecule has 0 amide bonds. The molecule has 0 unspecified atom stereocenters. The number of para-hydroxylation sites is 7. The van der Waals surface area contributed by atoms with Gasteiger partial charge in [-0.1, -0.05) is 140 Å². The summed E-state index contributed by atoms with van der Waals surface area (Å²) in [6.07, 6.45) is 0. The monoisotopic (exact) mass is 1040 g/mol. The summed E-state index contributed by atoms with van der Waals surface area (Å²) in [7, 11) is 0. The fourth-order valence-corrected chi connectivity index (χ4v) is 13.1. The first-order chi connectivity index (χ1) is 39.7. The van der Waals surface area contributed by atoms with E-state index < -0.39 is 0 Å². The molecule has 7 heteroatoms. The Bertz CT molecular complexity index is 4710. The summed E-state index contributed by atoms with van der Waals surface area (Å²) in [5.41, 5.74) is 17.5. The Balaban J connectivity index is 0.842. The molecule has 80 heavy (non-hydrogen) atoms. The van der Waals surface area contributed by atoms with Crippen LogP contribution in [0.1, 0.15) is 17.2 Å². The van der Waals surface area contributed by atoms with Crippen LogP contribution in [0.2, 0.25) is 0 Å². The molecule has 3 heterocycles. The van der Waals surface area contributed by atoms with E-state index in [1.165, 1.54) is 31.3 Å². The normalized spacial score (nSPS) is 12.2. The van der Waals surface area contributed by atoms with Crippen LogP contribution < -0.4 is 19.6 Å². The van der Waals surface area contributed by atoms with Crippen LogP contribution in [-0.4, -0.2) is 0 Å². The van der Waals surface area contributed by atoms with Crippen molar-refractivity contribution in [1.29, 1.82) is 0 Å². The van der Waals surface area contributed by atoms with Crippen molar-refractivity contribution in [2.75, 3.05) is 19.6 Å². The third-order valence-electron chi connectivity index (χ3n) is 15.7. The second kappa shape index (κ2) is 18.7. The lowest BCUT2D eigenvalue weighted by Crippen LogP contribution is -2.15. The van der Waals surface area contributed by atoms with Gasteiger partial charge in [-0.05, 0) is 157 Å². The van der Waals surface area contributed by atoms with Crippen LogP contribution >= 0.6 is 11.3 Å². The van der Waals surface area contributed by atoms with E-state index in [-0.39, 0.29) is 6.04 Å². The molecule has 0 N–H and O–H groups in total. The van der Waals surface area contributed by atoms with Crippen molar-refractivity contribution in [1.82, 2.24) is 0 Å². The van der Waals surface area contributed by atoms with Gasteiger partial charge in [0.15, 0.2) is 11.2 Å². The number of anilines is 11. The average molecular weight is 1050 g/mol. The minimum absolute atomic E-state index is 0.0158. The highest BCUT2D eigenvalue weighted by atomic mass is 32.1. The van der Waals surface area contributed by atoms with Crippen molar-refractivity contribution >= 4 is 138 Å². The zero-order valence-corrected chi connectivity index (χ0v) is 44.0. The number of rotatable bonds is 12. The van der Waals surface area contributed by atoms with Gasteiger partial charge in [0.2, 0.25) is 0 Å². The topological polar surface area (TPSA) is 39.2 Å². The Hall–Kier alpha value is -10.3. The van der Waals surface area contributed by atoms with Gasteiger partial charge in [-0.15, -0.1) is 11.3 Å². The molecular formula is C73H48N4O2S. The molecule has 6 nitrogen and oxygen atoms in total. The SMILES string of the molecule is c1ccc(N(c2ccccc2)c2ccc3oc4ccc(N(c5cccc6c5oc5c(N(c7ccccc7)c7ccc8sc9ccc(N(c%10ccccc%10)c%10ccccc%10)cc9c8c7)cccc56)C5c6ccccc65)cc4c3c2)cc1. The number of nitrogens with zero attached hydrogens (tertiary/aromatic N) is 4. The lowest BCUT2D eigenvalue weighted by atomic mass is 10.1. The van der Waals surface area contributed by atoms with Gasteiger partial charge in [0.05, 0.1) is 17.4 Å². The van der Waals surface area contributed by atoms with Gasteiger partial charge in [-0.25, -0.2) is 0 Å². The van der Waals surface area contributed by atoms with Gasteiger partial charge in [-0.3, -0.25) is 0 Å². The van der Waals surface area contributed by atoms with Crippen molar-refractivity contribution in [3.63, 3.8) is 0 Å². The number of hydrogen-bond acceptors (Lipinski definition) is 7. The van der Waals surface area contributed by atoms with Crippen LogP contribution in [0.3, 0.4) is 0 Å². The molecule has 3 aromatic heterocycles. The fourth-order valence-electron chi connectivity index (χ4n) is 12.1. The van der Waals surface area contributed by atoms with E-state index in [1.807, 2.05) is 11.3 Å². The number of fused-ring (bicyclic) bond motifs is 10. The molecule has 0 spiro atoms. The number of benzene rings is 12. The lowest BCUT2D eigenvalue weighted by Gasteiger charge is -2.26. The summed E-state index contributed by atoms with van der Waals surface area (Å²) in [6, 6.07) is 102. The Morgan fingerprint density at radius 2 is 0.637 bits per heavy atom. The maximum atomic E-state index is 7.44. The molecule has 0 saturated carbocycles. The number of thiophene rings is 1. The minimum Gasteiger partial charge on any atom is -0.456 e. The first-order valence-electron chi connectivity index (χ1n) is 27.1. The maximum Gasteiger partial charge on any atom is 0.159 e. The Kier molecular flexibility index (Phi) is 10.7. The van der Waals surface area contributed by atoms with E-state index in [2.05, 4.69) is 305 Å². The third kappa shape index (κ3) is 7.62. The summed E-state index contributed by atoms with van der Waals surface area (Å²) < 4.78 is 16.5. The smallest absolute Gasteiger partial charge is 0.159 e. The first kappa shape index (κ1) is 45.8. The van der Waals surface area contributed by atoms with Crippen molar-refractivity contribution in [3.05, 3.63) is 296 Å². The van der Waals surface area contributed by atoms with E-state index in [0.29, 0.717) is 0 Å². The standard InChI is InChI=1S/C73H48N4O2S/c1-6-20-48(21-7-1)74(49-22-8-2-9-23-49)53-36-40-67-61(44-53)62-45-56(37-41-68(62)78-67)77(71-57-30-16-17-31-58(57)71)66-35-19-33-60-59-32-18-34-65(72(59)79-73(60)66)76(52-28-14-5-15-29-52)55-39-43-70-64(47-55)63-46-54(38-42-69(63)80-70)75(50-24-10-3-11-25-50)51-26-12-4-13-27-51/h1-47,71H. The quantitative estimate of drug-likeness (QED) is 0.121. The molecule has 0 atom stereocenters. The molecule has 0 fully saturated rings. The van der Waals surface area contributed by atoms with Crippen molar-refractivity contribution < 1.29 is 8.83 Å². The molecule has 0 aliphatic heterocycles. The number of furan rings is 2. The van der Waals surface area contributed by atoms with Gasteiger partial charge >= 0.3 is 0 Å². The predicted molar refractivity (Wildman–Crippen MR) is 335 cm³/mol. The lowest BCUT2D eigenvalue weighted by molar-refractivity contribution is 0.667. The predicted octanol–water partition coefficient (Wildman–Crippen LogP) is 21.5. The highest BCUT2D eigenvalue weighted by molar-refractivity contribution is 7.25. The van der Waals surface area contributed by atoms with Crippen LogP contribution in [0.25, 0.3) is 64.0 Å². The summed E-state index contributed by atoms with van der Waals surface area (Å²) in [4.78, 5) is 9.46. The van der Waals surface area contributed by atoms with E-state index in [0.717, 1.165) is 106 Å². The minimum atomic E-state index is 0.0158. The van der Waals surface area contributed by atoms with E-state index >= 15 is 0 Å². The van der Waals surface area contributed by atoms with Crippen molar-refractivity contribution in [2.45, 2.75) is 6.04 Å². The van der Waals surface area contributed by atoms with Crippen molar-refractivity contribution in [2.24, 2.45) is 0 Å². The second-order valence-electron chi connectivity index (χ2n) is 20.4. The van der Waals surface area contributed by atoms with Gasteiger partial charge in [0.1, 0.15) is 11.2 Å². The average Bonchev–Trinajstić information content (AvgIpc) is 3.99. The van der Waals surface area contributed by atoms with Gasteiger partial charge < -0.3 is 28.4 Å². The van der Waals surface area contributed by atoms with Crippen LogP contribution in [0.4, 0.5) is 62.6 Å².